The molecule has 0 unspecified atom stereocenters. The lowest BCUT2D eigenvalue weighted by Gasteiger charge is -2.37. The molecule has 12 nitrogen and oxygen atoms in total. The number of halogens is 1. The normalized spacial score (nSPS) is 17.5. The molecule has 0 saturated carbocycles. The van der Waals surface area contributed by atoms with Gasteiger partial charge in [0.1, 0.15) is 11.5 Å². The minimum absolute atomic E-state index is 0.0706. The first-order valence-electron chi connectivity index (χ1n) is 20.5. The molecule has 0 bridgehead atoms. The summed E-state index contributed by atoms with van der Waals surface area (Å²) < 4.78 is 36.0. The zero-order valence-corrected chi connectivity index (χ0v) is 34.9. The molecule has 4 aromatic carbocycles. The molecule has 310 valence electrons. The van der Waals surface area contributed by atoms with Gasteiger partial charge in [-0.25, -0.2) is 13.1 Å². The summed E-state index contributed by atoms with van der Waals surface area (Å²) >= 11 is 6.22. The van der Waals surface area contributed by atoms with Crippen molar-refractivity contribution >= 4 is 61.1 Å². The van der Waals surface area contributed by atoms with Crippen LogP contribution in [0.5, 0.6) is 11.5 Å². The summed E-state index contributed by atoms with van der Waals surface area (Å²) in [5.41, 5.74) is 9.03. The number of anilines is 3. The summed E-state index contributed by atoms with van der Waals surface area (Å²) in [6.07, 6.45) is 9.51. The quantitative estimate of drug-likeness (QED) is 0.0776. The van der Waals surface area contributed by atoms with E-state index in [1.165, 1.54) is 48.1 Å². The number of rotatable bonds is 12. The molecule has 0 radical (unpaired) electrons. The molecular weight excluding hydrogens is 786 g/mol. The molecule has 14 heteroatoms. The van der Waals surface area contributed by atoms with E-state index in [-0.39, 0.29) is 27.9 Å². The first kappa shape index (κ1) is 40.7. The summed E-state index contributed by atoms with van der Waals surface area (Å²) in [6.45, 7) is 6.11. The number of allylic oxidation sites excluding steroid dienone is 1. The maximum atomic E-state index is 13.9. The van der Waals surface area contributed by atoms with E-state index in [1.807, 2.05) is 54.7 Å². The summed E-state index contributed by atoms with van der Waals surface area (Å²) in [4.78, 5) is 24.0. The topological polar surface area (TPSA) is 142 Å². The number of fused-ring (bicyclic) bond motifs is 1. The maximum absolute atomic E-state index is 13.9. The number of nitrogens with one attached hydrogen (secondary N) is 4. The fourth-order valence-corrected chi connectivity index (χ4v) is 9.59. The molecule has 1 amide bonds. The Bertz CT molecular complexity index is 2420. The van der Waals surface area contributed by atoms with Gasteiger partial charge >= 0.3 is 0 Å². The van der Waals surface area contributed by atoms with E-state index in [4.69, 9.17) is 16.3 Å². The zero-order chi connectivity index (χ0) is 40.9. The van der Waals surface area contributed by atoms with E-state index in [9.17, 15) is 18.4 Å². The van der Waals surface area contributed by atoms with Gasteiger partial charge in [-0.15, -0.1) is 0 Å². The number of nitrogens with zero attached hydrogens (tertiary/aromatic N) is 3. The fraction of sp³-hybridized carbons (Fsp3) is 0.356. The molecule has 0 atom stereocenters. The smallest absolute Gasteiger partial charge is 0.268 e. The molecular formula is C45H52ClN7O5S. The van der Waals surface area contributed by atoms with Crippen LogP contribution in [-0.2, 0) is 10.0 Å². The summed E-state index contributed by atoms with van der Waals surface area (Å²) in [7, 11) is -2.28. The third kappa shape index (κ3) is 9.71. The van der Waals surface area contributed by atoms with E-state index in [0.29, 0.717) is 11.4 Å². The van der Waals surface area contributed by atoms with Gasteiger partial charge in [0.25, 0.3) is 15.9 Å². The molecule has 2 fully saturated rings. The highest BCUT2D eigenvalue weighted by Gasteiger charge is 2.26. The fourth-order valence-electron chi connectivity index (χ4n) is 8.47. The summed E-state index contributed by atoms with van der Waals surface area (Å²) in [5, 5.41) is 15.0. The molecule has 1 aliphatic carbocycles. The van der Waals surface area contributed by atoms with Gasteiger partial charge in [-0.2, -0.15) is 0 Å². The van der Waals surface area contributed by atoms with Gasteiger partial charge in [0.05, 0.1) is 21.8 Å². The van der Waals surface area contributed by atoms with Crippen molar-refractivity contribution < 1.29 is 23.2 Å². The van der Waals surface area contributed by atoms with E-state index in [0.717, 1.165) is 93.1 Å². The van der Waals surface area contributed by atoms with Crippen molar-refractivity contribution in [3.63, 3.8) is 0 Å². The highest BCUT2D eigenvalue weighted by atomic mass is 35.5. The lowest BCUT2D eigenvalue weighted by molar-refractivity contribution is 0.0979. The standard InChI is InChI=1S/C45H52ClN7O5S/c1-51-21-18-35(19-22-51)48-42-16-13-38(29-43(42)49-55)59(56,57)50-45(54)40-14-11-36(28-44(40)58-37-12-15-41-32(27-37)17-20-47-41)53-25-23-52(24-26-53)30-33-5-3-2-4-6-39(33)31-7-9-34(46)10-8-31/h7-17,20,27-29,35,47-49,55H,2-6,18-19,21-26,30H2,1H3,(H,50,54). The Kier molecular flexibility index (Phi) is 12.5. The number of carbonyl (C=O) groups excluding carboxylic acids is 1. The van der Waals surface area contributed by atoms with Crippen molar-refractivity contribution in [1.29, 1.82) is 0 Å². The van der Waals surface area contributed by atoms with Gasteiger partial charge in [0, 0.05) is 72.6 Å². The molecule has 59 heavy (non-hydrogen) atoms. The third-order valence-corrected chi connectivity index (χ3v) is 13.4. The average molecular weight is 838 g/mol. The van der Waals surface area contributed by atoms with Crippen LogP contribution in [0.25, 0.3) is 16.5 Å². The predicted octanol–water partition coefficient (Wildman–Crippen LogP) is 8.58. The third-order valence-electron chi connectivity index (χ3n) is 11.9. The van der Waals surface area contributed by atoms with Crippen LogP contribution in [0.15, 0.2) is 102 Å². The van der Waals surface area contributed by atoms with Gasteiger partial charge in [-0.3, -0.25) is 20.4 Å². The SMILES string of the molecule is CN1CCC(Nc2ccc(S(=O)(=O)NC(=O)c3ccc(N4CCN(CC5=C(c6ccc(Cl)cc6)CCCCC5)CC4)cc3Oc3ccc4[nH]ccc4c3)cc2NO)CC1. The van der Waals surface area contributed by atoms with Crippen LogP contribution >= 0.6 is 11.6 Å². The van der Waals surface area contributed by atoms with Gasteiger partial charge < -0.3 is 24.8 Å². The maximum Gasteiger partial charge on any atom is 0.268 e. The number of benzene rings is 4. The van der Waals surface area contributed by atoms with Crippen LogP contribution < -0.4 is 25.2 Å². The second-order valence-electron chi connectivity index (χ2n) is 15.9. The summed E-state index contributed by atoms with van der Waals surface area (Å²) in [6, 6.07) is 25.6. The van der Waals surface area contributed by atoms with Crippen molar-refractivity contribution in [2.45, 2.75) is 55.9 Å². The second kappa shape index (κ2) is 18.1. The Balaban J connectivity index is 0.998. The largest absolute Gasteiger partial charge is 0.456 e. The van der Waals surface area contributed by atoms with Gasteiger partial charge in [-0.05, 0) is 137 Å². The number of aromatic nitrogens is 1. The van der Waals surface area contributed by atoms with Crippen molar-refractivity contribution in [2.24, 2.45) is 0 Å². The molecule has 5 N–H and O–H groups in total. The number of hydrogen-bond acceptors (Lipinski definition) is 10. The molecule has 3 aliphatic rings. The van der Waals surface area contributed by atoms with Crippen molar-refractivity contribution in [3.05, 3.63) is 113 Å². The van der Waals surface area contributed by atoms with Gasteiger partial charge in [0.15, 0.2) is 0 Å². The number of H-pyrrole nitrogens is 1. The molecule has 5 aromatic rings. The Morgan fingerprint density at radius 2 is 1.64 bits per heavy atom. The number of sulfonamides is 1. The predicted molar refractivity (Wildman–Crippen MR) is 236 cm³/mol. The van der Waals surface area contributed by atoms with Crippen molar-refractivity contribution in [2.75, 3.05) is 68.6 Å². The van der Waals surface area contributed by atoms with E-state index < -0.39 is 15.9 Å². The zero-order valence-electron chi connectivity index (χ0n) is 33.3. The van der Waals surface area contributed by atoms with Crippen LogP contribution in [0.3, 0.4) is 0 Å². The molecule has 3 heterocycles. The molecule has 0 spiro atoms. The molecule has 1 aromatic heterocycles. The van der Waals surface area contributed by atoms with Crippen molar-refractivity contribution in [3.8, 4) is 11.5 Å². The average Bonchev–Trinajstić information content (AvgIpc) is 3.59. The van der Waals surface area contributed by atoms with E-state index in [1.54, 1.807) is 12.1 Å². The van der Waals surface area contributed by atoms with Crippen molar-refractivity contribution in [1.82, 2.24) is 19.5 Å². The van der Waals surface area contributed by atoms with Gasteiger partial charge in [-0.1, -0.05) is 35.7 Å². The van der Waals surface area contributed by atoms with E-state index >= 15 is 0 Å². The number of likely N-dealkylation sites (tertiary alicyclic amines) is 1. The van der Waals surface area contributed by atoms with Crippen LogP contribution in [-0.4, -0.2) is 93.2 Å². The number of ether oxygens (including phenoxy) is 1. The number of carbonyl (C=O) groups is 1. The first-order valence-corrected chi connectivity index (χ1v) is 22.4. The highest BCUT2D eigenvalue weighted by Crippen LogP contribution is 2.35. The number of piperidine rings is 1. The lowest BCUT2D eigenvalue weighted by Crippen LogP contribution is -2.47. The Labute approximate surface area is 351 Å². The number of aromatic amines is 1. The number of hydrogen-bond donors (Lipinski definition) is 5. The Morgan fingerprint density at radius 3 is 2.42 bits per heavy atom. The summed E-state index contributed by atoms with van der Waals surface area (Å²) in [5.74, 6) is -0.0890. The highest BCUT2D eigenvalue weighted by molar-refractivity contribution is 7.90. The minimum atomic E-state index is -4.35. The number of amides is 1. The molecule has 8 rings (SSSR count). The van der Waals surface area contributed by atoms with Crippen LogP contribution in [0.1, 0.15) is 60.9 Å². The Morgan fingerprint density at radius 1 is 0.864 bits per heavy atom. The van der Waals surface area contributed by atoms with Crippen LogP contribution in [0.2, 0.25) is 5.02 Å². The Hall–Kier alpha value is -5.05. The number of piperazine rings is 1. The molecule has 2 saturated heterocycles. The van der Waals surface area contributed by atoms with Crippen LogP contribution in [0.4, 0.5) is 17.1 Å². The molecule has 2 aliphatic heterocycles. The minimum Gasteiger partial charge on any atom is -0.456 e. The second-order valence-corrected chi connectivity index (χ2v) is 18.0. The lowest BCUT2D eigenvalue weighted by atomic mass is 9.95. The van der Waals surface area contributed by atoms with E-state index in [2.05, 4.69) is 54.4 Å². The van der Waals surface area contributed by atoms with Gasteiger partial charge in [0.2, 0.25) is 0 Å². The van der Waals surface area contributed by atoms with Crippen LogP contribution in [0, 0.1) is 0 Å². The monoisotopic (exact) mass is 837 g/mol. The first-order chi connectivity index (χ1) is 28.6.